The third-order valence-corrected chi connectivity index (χ3v) is 3.40. The maximum atomic E-state index is 12.3. The quantitative estimate of drug-likeness (QED) is 0.805. The number of carbonyl (C=O) groups is 1. The molecule has 0 bridgehead atoms. The number of ether oxygens (including phenoxy) is 1. The van der Waals surface area contributed by atoms with E-state index in [2.05, 4.69) is 15.0 Å². The normalized spacial score (nSPS) is 14.0. The Hall–Kier alpha value is -1.89. The number of nitrogens with zero attached hydrogens (tertiary/aromatic N) is 5. The van der Waals surface area contributed by atoms with E-state index >= 15 is 0 Å². The van der Waals surface area contributed by atoms with E-state index in [9.17, 15) is 4.79 Å². The number of fused-ring (bicyclic) bond motifs is 1. The maximum absolute atomic E-state index is 12.3. The third kappa shape index (κ3) is 2.65. The van der Waals surface area contributed by atoms with Gasteiger partial charge in [0.15, 0.2) is 11.2 Å². The first-order chi connectivity index (χ1) is 9.88. The molecule has 0 aliphatic rings. The first kappa shape index (κ1) is 15.5. The molecule has 0 fully saturated rings. The summed E-state index contributed by atoms with van der Waals surface area (Å²) in [6.45, 7) is 3.59. The minimum atomic E-state index is -0.471. The van der Waals surface area contributed by atoms with Crippen LogP contribution in [-0.4, -0.2) is 51.5 Å². The average Bonchev–Trinajstić information content (AvgIpc) is 2.84. The van der Waals surface area contributed by atoms with Gasteiger partial charge in [0.1, 0.15) is 18.2 Å². The number of imidazole rings is 1. The Labute approximate surface area is 127 Å². The summed E-state index contributed by atoms with van der Waals surface area (Å²) >= 11 is 6.21. The number of methoxy groups -OCH3 is 1. The van der Waals surface area contributed by atoms with Crippen LogP contribution in [0, 0.1) is 0 Å². The number of hydrogen-bond acceptors (Lipinski definition) is 5. The number of likely N-dealkylation sites (N-methyl/N-ethyl adjacent to an activating group) is 1. The molecular formula is C13H18ClN5O2. The van der Waals surface area contributed by atoms with Crippen molar-refractivity contribution >= 4 is 28.7 Å². The van der Waals surface area contributed by atoms with E-state index in [0.29, 0.717) is 22.9 Å². The largest absolute Gasteiger partial charge is 0.479 e. The second-order valence-corrected chi connectivity index (χ2v) is 5.57. The Morgan fingerprint density at radius 1 is 1.38 bits per heavy atom. The fourth-order valence-corrected chi connectivity index (χ4v) is 2.35. The zero-order valence-corrected chi connectivity index (χ0v) is 13.4. The fraction of sp³-hybridized carbons (Fsp3) is 0.538. The molecule has 0 saturated heterocycles. The Morgan fingerprint density at radius 2 is 2.05 bits per heavy atom. The summed E-state index contributed by atoms with van der Waals surface area (Å²) in [5, 5.41) is -0.374. The van der Waals surface area contributed by atoms with Crippen LogP contribution in [0.15, 0.2) is 6.33 Å². The van der Waals surface area contributed by atoms with Crippen LogP contribution in [0.25, 0.3) is 11.2 Å². The number of halogens is 1. The molecule has 2 heterocycles. The SMILES string of the molecule is COc1ncnc2c1nc(C(C)Cl)n2C(C)C(=O)N(C)C. The Balaban J connectivity index is 2.70. The second kappa shape index (κ2) is 5.85. The van der Waals surface area contributed by atoms with Gasteiger partial charge >= 0.3 is 0 Å². The van der Waals surface area contributed by atoms with Gasteiger partial charge in [0.2, 0.25) is 11.8 Å². The molecule has 1 amide bonds. The first-order valence-corrected chi connectivity index (χ1v) is 6.94. The third-order valence-electron chi connectivity index (χ3n) is 3.21. The molecule has 21 heavy (non-hydrogen) atoms. The van der Waals surface area contributed by atoms with E-state index in [4.69, 9.17) is 16.3 Å². The number of aromatic nitrogens is 4. The van der Waals surface area contributed by atoms with Crippen molar-refractivity contribution in [3.8, 4) is 5.88 Å². The zero-order valence-electron chi connectivity index (χ0n) is 12.7. The van der Waals surface area contributed by atoms with Crippen LogP contribution in [0.1, 0.15) is 31.1 Å². The predicted octanol–water partition coefficient (Wildman–Crippen LogP) is 1.78. The molecule has 0 aliphatic carbocycles. The molecule has 0 saturated carbocycles. The molecule has 2 atom stereocenters. The lowest BCUT2D eigenvalue weighted by Crippen LogP contribution is -2.31. The van der Waals surface area contributed by atoms with Gasteiger partial charge in [-0.25, -0.2) is 9.97 Å². The fourth-order valence-electron chi connectivity index (χ4n) is 2.20. The van der Waals surface area contributed by atoms with E-state index in [1.54, 1.807) is 32.5 Å². The van der Waals surface area contributed by atoms with E-state index in [1.165, 1.54) is 18.3 Å². The van der Waals surface area contributed by atoms with Gasteiger partial charge in [-0.2, -0.15) is 4.98 Å². The van der Waals surface area contributed by atoms with Crippen LogP contribution in [0.4, 0.5) is 0 Å². The van der Waals surface area contributed by atoms with Crippen LogP contribution >= 0.6 is 11.6 Å². The van der Waals surface area contributed by atoms with E-state index in [1.807, 2.05) is 0 Å². The van der Waals surface area contributed by atoms with Crippen molar-refractivity contribution < 1.29 is 9.53 Å². The van der Waals surface area contributed by atoms with Crippen LogP contribution in [-0.2, 0) is 4.79 Å². The lowest BCUT2D eigenvalue weighted by atomic mass is 10.2. The lowest BCUT2D eigenvalue weighted by molar-refractivity contribution is -0.131. The Bertz CT molecular complexity index is 668. The number of hydrogen-bond donors (Lipinski definition) is 0. The van der Waals surface area contributed by atoms with Crippen LogP contribution < -0.4 is 4.74 Å². The van der Waals surface area contributed by atoms with Gasteiger partial charge in [0.05, 0.1) is 12.5 Å². The number of rotatable bonds is 4. The molecule has 2 aromatic rings. The number of alkyl halides is 1. The summed E-state index contributed by atoms with van der Waals surface area (Å²) in [4.78, 5) is 26.5. The van der Waals surface area contributed by atoms with Crippen molar-refractivity contribution in [3.63, 3.8) is 0 Å². The van der Waals surface area contributed by atoms with Gasteiger partial charge in [0.25, 0.3) is 0 Å². The molecule has 0 aromatic carbocycles. The number of amides is 1. The molecule has 8 heteroatoms. The molecule has 7 nitrogen and oxygen atoms in total. The highest BCUT2D eigenvalue weighted by Gasteiger charge is 2.27. The first-order valence-electron chi connectivity index (χ1n) is 6.50. The van der Waals surface area contributed by atoms with E-state index in [-0.39, 0.29) is 11.3 Å². The van der Waals surface area contributed by atoms with Crippen molar-refractivity contribution in [2.75, 3.05) is 21.2 Å². The minimum Gasteiger partial charge on any atom is -0.479 e. The maximum Gasteiger partial charge on any atom is 0.245 e. The van der Waals surface area contributed by atoms with Gasteiger partial charge in [-0.1, -0.05) is 0 Å². The Morgan fingerprint density at radius 3 is 2.57 bits per heavy atom. The molecular weight excluding hydrogens is 294 g/mol. The molecule has 2 unspecified atom stereocenters. The van der Waals surface area contributed by atoms with Crippen LogP contribution in [0.5, 0.6) is 5.88 Å². The van der Waals surface area contributed by atoms with E-state index < -0.39 is 6.04 Å². The van der Waals surface area contributed by atoms with E-state index in [0.717, 1.165) is 0 Å². The summed E-state index contributed by atoms with van der Waals surface area (Å²) in [5.74, 6) is 0.862. The molecule has 114 valence electrons. The highest BCUT2D eigenvalue weighted by molar-refractivity contribution is 6.20. The summed E-state index contributed by atoms with van der Waals surface area (Å²) in [6, 6.07) is -0.471. The van der Waals surface area contributed by atoms with Gasteiger partial charge in [0, 0.05) is 14.1 Å². The predicted molar refractivity (Wildman–Crippen MR) is 79.5 cm³/mol. The number of carbonyl (C=O) groups excluding carboxylic acids is 1. The van der Waals surface area contributed by atoms with Gasteiger partial charge < -0.3 is 9.64 Å². The highest BCUT2D eigenvalue weighted by Crippen LogP contribution is 2.30. The van der Waals surface area contributed by atoms with Gasteiger partial charge in [-0.05, 0) is 13.8 Å². The monoisotopic (exact) mass is 311 g/mol. The summed E-state index contributed by atoms with van der Waals surface area (Å²) in [6.07, 6.45) is 1.38. The van der Waals surface area contributed by atoms with Gasteiger partial charge in [-0.3, -0.25) is 9.36 Å². The van der Waals surface area contributed by atoms with Gasteiger partial charge in [-0.15, -0.1) is 11.6 Å². The molecule has 0 spiro atoms. The van der Waals surface area contributed by atoms with Crippen LogP contribution in [0.2, 0.25) is 0 Å². The molecule has 0 aliphatic heterocycles. The summed E-state index contributed by atoms with van der Waals surface area (Å²) in [5.41, 5.74) is 1.04. The molecule has 2 aromatic heterocycles. The summed E-state index contributed by atoms with van der Waals surface area (Å²) < 4.78 is 6.93. The standard InChI is InChI=1S/C13H18ClN5O2/c1-7(14)10-17-9-11(15-6-16-12(9)21-5)19(10)8(2)13(20)18(3)4/h6-8H,1-5H3. The molecule has 0 N–H and O–H groups in total. The van der Waals surface area contributed by atoms with Crippen molar-refractivity contribution in [1.29, 1.82) is 0 Å². The van der Waals surface area contributed by atoms with Crippen molar-refractivity contribution in [3.05, 3.63) is 12.2 Å². The smallest absolute Gasteiger partial charge is 0.245 e. The highest BCUT2D eigenvalue weighted by atomic mass is 35.5. The molecule has 2 rings (SSSR count). The Kier molecular flexibility index (Phi) is 4.32. The van der Waals surface area contributed by atoms with Crippen molar-refractivity contribution in [2.24, 2.45) is 0 Å². The lowest BCUT2D eigenvalue weighted by Gasteiger charge is -2.20. The summed E-state index contributed by atoms with van der Waals surface area (Å²) in [7, 11) is 4.92. The minimum absolute atomic E-state index is 0.0644. The van der Waals surface area contributed by atoms with Crippen LogP contribution in [0.3, 0.4) is 0 Å². The zero-order chi connectivity index (χ0) is 15.7. The second-order valence-electron chi connectivity index (χ2n) is 4.92. The average molecular weight is 312 g/mol. The topological polar surface area (TPSA) is 73.1 Å². The molecule has 0 radical (unpaired) electrons. The van der Waals surface area contributed by atoms with Crippen molar-refractivity contribution in [1.82, 2.24) is 24.4 Å². The van der Waals surface area contributed by atoms with Crippen molar-refractivity contribution in [2.45, 2.75) is 25.3 Å².